The first-order valence-corrected chi connectivity index (χ1v) is 8.33. The summed E-state index contributed by atoms with van der Waals surface area (Å²) in [6.07, 6.45) is 8.95. The van der Waals surface area contributed by atoms with Crippen LogP contribution < -0.4 is 9.64 Å². The van der Waals surface area contributed by atoms with Crippen molar-refractivity contribution < 1.29 is 4.74 Å². The number of anilines is 1. The molecular formula is C17H25N3O. The van der Waals surface area contributed by atoms with Gasteiger partial charge < -0.3 is 14.5 Å². The maximum Gasteiger partial charge on any atom is 0.173 e. The van der Waals surface area contributed by atoms with Crippen LogP contribution in [-0.2, 0) is 6.42 Å². The van der Waals surface area contributed by atoms with Gasteiger partial charge in [0, 0.05) is 32.9 Å². The molecule has 0 N–H and O–H groups in total. The molecular weight excluding hydrogens is 262 g/mol. The molecule has 3 aliphatic heterocycles. The third-order valence-corrected chi connectivity index (χ3v) is 5.38. The smallest absolute Gasteiger partial charge is 0.173 e. The van der Waals surface area contributed by atoms with Crippen LogP contribution in [0.5, 0.6) is 5.75 Å². The van der Waals surface area contributed by atoms with Gasteiger partial charge in [0.2, 0.25) is 0 Å². The van der Waals surface area contributed by atoms with Crippen molar-refractivity contribution in [2.75, 3.05) is 38.3 Å². The predicted molar refractivity (Wildman–Crippen MR) is 83.7 cm³/mol. The summed E-state index contributed by atoms with van der Waals surface area (Å²) < 4.78 is 5.66. The summed E-state index contributed by atoms with van der Waals surface area (Å²) >= 11 is 0. The third kappa shape index (κ3) is 2.73. The second-order valence-corrected chi connectivity index (χ2v) is 7.03. The van der Waals surface area contributed by atoms with Crippen molar-refractivity contribution in [3.63, 3.8) is 0 Å². The molecule has 1 saturated carbocycles. The summed E-state index contributed by atoms with van der Waals surface area (Å²) in [4.78, 5) is 9.28. The molecule has 4 aliphatic rings. The lowest BCUT2D eigenvalue weighted by Crippen LogP contribution is -2.30. The third-order valence-electron chi connectivity index (χ3n) is 5.38. The van der Waals surface area contributed by atoms with Crippen LogP contribution in [0.2, 0.25) is 0 Å². The first-order chi connectivity index (χ1) is 10.3. The van der Waals surface area contributed by atoms with E-state index in [1.54, 1.807) is 0 Å². The molecule has 0 amide bonds. The van der Waals surface area contributed by atoms with E-state index in [0.717, 1.165) is 29.8 Å². The highest BCUT2D eigenvalue weighted by Gasteiger charge is 2.29. The predicted octanol–water partition coefficient (Wildman–Crippen LogP) is 2.53. The van der Waals surface area contributed by atoms with Gasteiger partial charge in [-0.05, 0) is 55.6 Å². The minimum atomic E-state index is 0.626. The van der Waals surface area contributed by atoms with Gasteiger partial charge in [-0.25, -0.2) is 4.98 Å². The molecule has 4 heteroatoms. The van der Waals surface area contributed by atoms with Crippen LogP contribution in [0.15, 0.2) is 12.3 Å². The number of rotatable bonds is 3. The molecule has 1 aliphatic carbocycles. The Morgan fingerprint density at radius 2 is 1.90 bits per heavy atom. The Balaban J connectivity index is 1.38. The summed E-state index contributed by atoms with van der Waals surface area (Å²) in [6.45, 7) is 4.42. The molecule has 2 saturated heterocycles. The maximum absolute atomic E-state index is 5.66. The van der Waals surface area contributed by atoms with Crippen LogP contribution in [0.3, 0.4) is 0 Å². The topological polar surface area (TPSA) is 28.6 Å². The van der Waals surface area contributed by atoms with Gasteiger partial charge in [0.25, 0.3) is 0 Å². The number of pyridine rings is 1. The summed E-state index contributed by atoms with van der Waals surface area (Å²) in [5.41, 5.74) is 1.31. The fraction of sp³-hybridized carbons (Fsp3) is 0.706. The molecule has 0 radical (unpaired) electrons. The molecule has 0 aromatic carbocycles. The van der Waals surface area contributed by atoms with E-state index < -0.39 is 0 Å². The molecule has 4 nitrogen and oxygen atoms in total. The minimum absolute atomic E-state index is 0.626. The van der Waals surface area contributed by atoms with E-state index in [2.05, 4.69) is 16.0 Å². The maximum atomic E-state index is 5.66. The van der Waals surface area contributed by atoms with Crippen molar-refractivity contribution in [1.82, 2.24) is 9.88 Å². The van der Waals surface area contributed by atoms with Crippen LogP contribution >= 0.6 is 0 Å². The number of fused-ring (bicyclic) bond motifs is 5. The van der Waals surface area contributed by atoms with Gasteiger partial charge in [0.15, 0.2) is 18.3 Å². The molecule has 114 valence electrons. The van der Waals surface area contributed by atoms with E-state index in [4.69, 9.17) is 4.74 Å². The lowest BCUT2D eigenvalue weighted by molar-refractivity contribution is 0.255. The average molecular weight is 287 g/mol. The summed E-state index contributed by atoms with van der Waals surface area (Å²) in [7, 11) is 2.02. The van der Waals surface area contributed by atoms with E-state index in [-0.39, 0.29) is 0 Å². The van der Waals surface area contributed by atoms with Crippen LogP contribution in [0.4, 0.5) is 5.82 Å². The summed E-state index contributed by atoms with van der Waals surface area (Å²) in [5.74, 6) is 3.84. The normalized spacial score (nSPS) is 28.3. The molecule has 1 aromatic heterocycles. The first kappa shape index (κ1) is 13.4. The van der Waals surface area contributed by atoms with Gasteiger partial charge >= 0.3 is 0 Å². The first-order valence-electron chi connectivity index (χ1n) is 8.33. The molecule has 4 heterocycles. The Morgan fingerprint density at radius 1 is 1.19 bits per heavy atom. The lowest BCUT2D eigenvalue weighted by atomic mass is 9.84. The van der Waals surface area contributed by atoms with E-state index in [0.29, 0.717) is 6.73 Å². The summed E-state index contributed by atoms with van der Waals surface area (Å²) in [5, 5.41) is 0. The number of ether oxygens (including phenoxy) is 1. The van der Waals surface area contributed by atoms with Gasteiger partial charge in [-0.2, -0.15) is 0 Å². The number of nitrogens with zero attached hydrogens (tertiary/aromatic N) is 3. The standard InChI is InChI=1S/C17H25N3O/c1-19-12-21-16-8-15(9-18-17(16)19)6-7-20-10-13-2-3-14(11-20)5-4-13/h8-9,13-14H,2-7,10-12H2,1H3. The lowest BCUT2D eigenvalue weighted by Gasteiger charge is -2.22. The van der Waals surface area contributed by atoms with Gasteiger partial charge in [-0.15, -0.1) is 0 Å². The Hall–Kier alpha value is -1.29. The number of hydrogen-bond donors (Lipinski definition) is 0. The largest absolute Gasteiger partial charge is 0.469 e. The SMILES string of the molecule is CN1COc2cc(CCN3CC4CCC(CC4)C3)cnc21. The molecule has 5 rings (SSSR count). The molecule has 0 spiro atoms. The van der Waals surface area contributed by atoms with Crippen molar-refractivity contribution in [3.8, 4) is 5.75 Å². The molecule has 0 atom stereocenters. The highest BCUT2D eigenvalue weighted by atomic mass is 16.5. The van der Waals surface area contributed by atoms with E-state index in [9.17, 15) is 0 Å². The Kier molecular flexibility index (Phi) is 3.49. The van der Waals surface area contributed by atoms with E-state index in [1.807, 2.05) is 18.1 Å². The van der Waals surface area contributed by atoms with Crippen molar-refractivity contribution >= 4 is 5.82 Å². The fourth-order valence-corrected chi connectivity index (χ4v) is 4.11. The molecule has 0 unspecified atom stereocenters. The minimum Gasteiger partial charge on any atom is -0.469 e. The number of aromatic nitrogens is 1. The van der Waals surface area contributed by atoms with Crippen LogP contribution in [0, 0.1) is 11.8 Å². The Morgan fingerprint density at radius 3 is 2.62 bits per heavy atom. The second kappa shape index (κ2) is 5.48. The fourth-order valence-electron chi connectivity index (χ4n) is 4.11. The van der Waals surface area contributed by atoms with Crippen molar-refractivity contribution in [2.24, 2.45) is 11.8 Å². The van der Waals surface area contributed by atoms with Crippen molar-refractivity contribution in [3.05, 3.63) is 17.8 Å². The van der Waals surface area contributed by atoms with Crippen molar-refractivity contribution in [1.29, 1.82) is 0 Å². The summed E-state index contributed by atoms with van der Waals surface area (Å²) in [6, 6.07) is 2.18. The average Bonchev–Trinajstić information content (AvgIpc) is 2.68. The molecule has 2 bridgehead atoms. The molecule has 3 fully saturated rings. The Labute approximate surface area is 127 Å². The van der Waals surface area contributed by atoms with Gasteiger partial charge in [0.1, 0.15) is 0 Å². The van der Waals surface area contributed by atoms with Gasteiger partial charge in [0.05, 0.1) is 0 Å². The van der Waals surface area contributed by atoms with E-state index >= 15 is 0 Å². The molecule has 1 aromatic rings. The second-order valence-electron chi connectivity index (χ2n) is 7.03. The number of hydrogen-bond acceptors (Lipinski definition) is 4. The van der Waals surface area contributed by atoms with Gasteiger partial charge in [-0.1, -0.05) is 0 Å². The molecule has 21 heavy (non-hydrogen) atoms. The Bertz CT molecular complexity index is 497. The van der Waals surface area contributed by atoms with Crippen LogP contribution in [0.1, 0.15) is 31.2 Å². The zero-order valence-electron chi connectivity index (χ0n) is 12.9. The quantitative estimate of drug-likeness (QED) is 0.854. The zero-order chi connectivity index (χ0) is 14.2. The van der Waals surface area contributed by atoms with E-state index in [1.165, 1.54) is 50.9 Å². The monoisotopic (exact) mass is 287 g/mol. The highest BCUT2D eigenvalue weighted by Crippen LogP contribution is 2.34. The van der Waals surface area contributed by atoms with Crippen LogP contribution in [0.25, 0.3) is 0 Å². The van der Waals surface area contributed by atoms with Crippen LogP contribution in [-0.4, -0.2) is 43.3 Å². The van der Waals surface area contributed by atoms with Crippen molar-refractivity contribution in [2.45, 2.75) is 32.1 Å². The zero-order valence-corrected chi connectivity index (χ0v) is 12.9. The highest BCUT2D eigenvalue weighted by molar-refractivity contribution is 5.55. The van der Waals surface area contributed by atoms with Gasteiger partial charge in [-0.3, -0.25) is 0 Å².